The summed E-state index contributed by atoms with van der Waals surface area (Å²) in [6.07, 6.45) is 7.61. The van der Waals surface area contributed by atoms with E-state index >= 15 is 0 Å². The van der Waals surface area contributed by atoms with Gasteiger partial charge in [-0.2, -0.15) is 5.10 Å². The Hall–Kier alpha value is -2.66. The maximum absolute atomic E-state index is 13.1. The average molecular weight is 339 g/mol. The van der Waals surface area contributed by atoms with Crippen molar-refractivity contribution in [3.63, 3.8) is 0 Å². The Balaban J connectivity index is 1.76. The molecule has 0 saturated carbocycles. The molecule has 6 heteroatoms. The van der Waals surface area contributed by atoms with Gasteiger partial charge in [0.25, 0.3) is 5.91 Å². The number of aromatic nitrogens is 3. The van der Waals surface area contributed by atoms with E-state index in [-0.39, 0.29) is 11.9 Å². The van der Waals surface area contributed by atoms with Gasteiger partial charge in [-0.15, -0.1) is 0 Å². The third-order valence-electron chi connectivity index (χ3n) is 4.28. The molecule has 3 heterocycles. The van der Waals surface area contributed by atoms with Crippen LogP contribution in [0.2, 0.25) is 5.02 Å². The first-order valence-corrected chi connectivity index (χ1v) is 8.10. The maximum atomic E-state index is 13.1. The Labute approximate surface area is 144 Å². The molecule has 0 saturated heterocycles. The van der Waals surface area contributed by atoms with Gasteiger partial charge in [0.05, 0.1) is 16.6 Å². The molecule has 0 radical (unpaired) electrons. The third-order valence-corrected chi connectivity index (χ3v) is 4.58. The Kier molecular flexibility index (Phi) is 3.78. The number of fused-ring (bicyclic) bond motifs is 1. The Morgan fingerprint density at radius 1 is 1.17 bits per heavy atom. The zero-order valence-electron chi connectivity index (χ0n) is 12.8. The van der Waals surface area contributed by atoms with Crippen LogP contribution < -0.4 is 4.90 Å². The molecule has 0 N–H and O–H groups in total. The number of amides is 1. The van der Waals surface area contributed by atoms with Crippen molar-refractivity contribution < 1.29 is 4.79 Å². The van der Waals surface area contributed by atoms with Crippen molar-refractivity contribution in [1.82, 2.24) is 14.8 Å². The van der Waals surface area contributed by atoms with E-state index in [1.807, 2.05) is 35.1 Å². The summed E-state index contributed by atoms with van der Waals surface area (Å²) in [6.45, 7) is 0.552. The van der Waals surface area contributed by atoms with Crippen LogP contribution in [0.1, 0.15) is 22.0 Å². The first-order valence-electron chi connectivity index (χ1n) is 7.72. The van der Waals surface area contributed by atoms with Gasteiger partial charge in [-0.25, -0.2) is 0 Å². The summed E-state index contributed by atoms with van der Waals surface area (Å²) in [5.41, 5.74) is 2.52. The molecule has 1 aliphatic heterocycles. The lowest BCUT2D eigenvalue weighted by Gasteiger charge is -2.35. The number of carbonyl (C=O) groups excluding carboxylic acids is 1. The van der Waals surface area contributed by atoms with Gasteiger partial charge in [0, 0.05) is 37.0 Å². The van der Waals surface area contributed by atoms with Gasteiger partial charge in [-0.3, -0.25) is 14.5 Å². The van der Waals surface area contributed by atoms with E-state index in [1.54, 1.807) is 23.4 Å². The molecule has 2 aromatic heterocycles. The van der Waals surface area contributed by atoms with E-state index < -0.39 is 0 Å². The summed E-state index contributed by atoms with van der Waals surface area (Å²) in [6, 6.07) is 11.6. The molecule has 0 fully saturated rings. The van der Waals surface area contributed by atoms with Crippen LogP contribution in [-0.2, 0) is 6.42 Å². The smallest absolute Gasteiger partial charge is 0.259 e. The number of pyridine rings is 1. The van der Waals surface area contributed by atoms with E-state index in [9.17, 15) is 4.79 Å². The van der Waals surface area contributed by atoms with Crippen molar-refractivity contribution in [3.8, 4) is 0 Å². The number of para-hydroxylation sites is 1. The Morgan fingerprint density at radius 2 is 2.04 bits per heavy atom. The second-order valence-electron chi connectivity index (χ2n) is 5.74. The molecule has 0 spiro atoms. The zero-order valence-corrected chi connectivity index (χ0v) is 13.6. The van der Waals surface area contributed by atoms with Gasteiger partial charge in [-0.1, -0.05) is 29.8 Å². The molecule has 5 nitrogen and oxygen atoms in total. The first-order chi connectivity index (χ1) is 11.7. The molecule has 4 rings (SSSR count). The van der Waals surface area contributed by atoms with Gasteiger partial charge in [-0.05, 0) is 30.2 Å². The molecule has 1 amide bonds. The third kappa shape index (κ3) is 2.57. The first kappa shape index (κ1) is 14.9. The lowest BCUT2D eigenvalue weighted by Crippen LogP contribution is -2.41. The average Bonchev–Trinajstić information content (AvgIpc) is 3.15. The quantitative estimate of drug-likeness (QED) is 0.719. The summed E-state index contributed by atoms with van der Waals surface area (Å²) >= 11 is 6.17. The van der Waals surface area contributed by atoms with Crippen LogP contribution in [0.5, 0.6) is 0 Å². The topological polar surface area (TPSA) is 51.0 Å². The molecular formula is C18H15ClN4O. The number of carbonyl (C=O) groups is 1. The fourth-order valence-electron chi connectivity index (χ4n) is 3.13. The highest BCUT2D eigenvalue weighted by atomic mass is 35.5. The minimum absolute atomic E-state index is 0.0967. The van der Waals surface area contributed by atoms with Gasteiger partial charge in [0.2, 0.25) is 0 Å². The molecule has 0 unspecified atom stereocenters. The Morgan fingerprint density at radius 3 is 2.83 bits per heavy atom. The summed E-state index contributed by atoms with van der Waals surface area (Å²) in [5, 5.41) is 4.70. The number of benzene rings is 1. The van der Waals surface area contributed by atoms with Crippen LogP contribution in [0.25, 0.3) is 0 Å². The van der Waals surface area contributed by atoms with Gasteiger partial charge >= 0.3 is 0 Å². The lowest BCUT2D eigenvalue weighted by atomic mass is 9.97. The standard InChI is InChI=1S/C18H15ClN4O/c19-16-11-20-8-6-15(16)18(24)22-12-14(23-9-3-7-21-23)10-13-4-1-2-5-17(13)22/h1-9,11,14H,10,12H2/t14-/m1/s1. The van der Waals surface area contributed by atoms with Crippen molar-refractivity contribution in [2.45, 2.75) is 12.5 Å². The minimum Gasteiger partial charge on any atom is -0.306 e. The van der Waals surface area contributed by atoms with Crippen LogP contribution in [0.3, 0.4) is 0 Å². The van der Waals surface area contributed by atoms with Crippen molar-refractivity contribution in [2.75, 3.05) is 11.4 Å². The fraction of sp³-hybridized carbons (Fsp3) is 0.167. The number of anilines is 1. The van der Waals surface area contributed by atoms with Crippen molar-refractivity contribution in [1.29, 1.82) is 0 Å². The zero-order chi connectivity index (χ0) is 16.5. The predicted molar refractivity (Wildman–Crippen MR) is 92.3 cm³/mol. The molecular weight excluding hydrogens is 324 g/mol. The molecule has 1 aromatic carbocycles. The summed E-state index contributed by atoms with van der Waals surface area (Å²) in [7, 11) is 0. The second-order valence-corrected chi connectivity index (χ2v) is 6.15. The highest BCUT2D eigenvalue weighted by Gasteiger charge is 2.30. The summed E-state index contributed by atoms with van der Waals surface area (Å²) < 4.78 is 1.91. The molecule has 120 valence electrons. The molecule has 1 aliphatic rings. The SMILES string of the molecule is O=C(c1ccncc1Cl)N1C[C@H](n2cccn2)Cc2ccccc21. The number of halogens is 1. The van der Waals surface area contributed by atoms with Crippen molar-refractivity contribution >= 4 is 23.2 Å². The van der Waals surface area contributed by atoms with Gasteiger partial charge in [0.1, 0.15) is 0 Å². The Bertz CT molecular complexity index is 878. The van der Waals surface area contributed by atoms with E-state index in [2.05, 4.69) is 16.1 Å². The molecule has 3 aromatic rings. The second kappa shape index (κ2) is 6.09. The number of hydrogen-bond acceptors (Lipinski definition) is 3. The van der Waals surface area contributed by atoms with Crippen LogP contribution in [-0.4, -0.2) is 27.2 Å². The van der Waals surface area contributed by atoms with Gasteiger partial charge < -0.3 is 4.90 Å². The van der Waals surface area contributed by atoms with Crippen LogP contribution >= 0.6 is 11.6 Å². The normalized spacial score (nSPS) is 16.7. The van der Waals surface area contributed by atoms with Crippen LogP contribution in [0.15, 0.2) is 61.2 Å². The number of rotatable bonds is 2. The van der Waals surface area contributed by atoms with E-state index in [1.165, 1.54) is 6.20 Å². The lowest BCUT2D eigenvalue weighted by molar-refractivity contribution is 0.0980. The van der Waals surface area contributed by atoms with Crippen molar-refractivity contribution in [2.24, 2.45) is 0 Å². The van der Waals surface area contributed by atoms with Crippen LogP contribution in [0.4, 0.5) is 5.69 Å². The van der Waals surface area contributed by atoms with Crippen LogP contribution in [0, 0.1) is 0 Å². The fourth-order valence-corrected chi connectivity index (χ4v) is 3.33. The molecule has 1 atom stereocenters. The predicted octanol–water partition coefficient (Wildman–Crippen LogP) is 3.38. The monoisotopic (exact) mass is 338 g/mol. The minimum atomic E-state index is -0.119. The van der Waals surface area contributed by atoms with E-state index in [0.29, 0.717) is 17.1 Å². The van der Waals surface area contributed by atoms with Crippen molar-refractivity contribution in [3.05, 3.63) is 77.3 Å². The molecule has 24 heavy (non-hydrogen) atoms. The number of nitrogens with zero attached hydrogens (tertiary/aromatic N) is 4. The molecule has 0 bridgehead atoms. The highest BCUT2D eigenvalue weighted by Crippen LogP contribution is 2.33. The van der Waals surface area contributed by atoms with E-state index in [4.69, 9.17) is 11.6 Å². The molecule has 0 aliphatic carbocycles. The highest BCUT2D eigenvalue weighted by molar-refractivity contribution is 6.34. The summed E-state index contributed by atoms with van der Waals surface area (Å²) in [5.74, 6) is -0.119. The maximum Gasteiger partial charge on any atom is 0.259 e. The number of hydrogen-bond donors (Lipinski definition) is 0. The summed E-state index contributed by atoms with van der Waals surface area (Å²) in [4.78, 5) is 18.8. The van der Waals surface area contributed by atoms with Gasteiger partial charge in [0.15, 0.2) is 0 Å². The van der Waals surface area contributed by atoms with E-state index in [0.717, 1.165) is 17.7 Å². The largest absolute Gasteiger partial charge is 0.306 e.